The molecule has 24 heavy (non-hydrogen) atoms. The minimum Gasteiger partial charge on any atom is -0.435 e. The highest BCUT2D eigenvalue weighted by Gasteiger charge is 2.14. The largest absolute Gasteiger partial charge is 0.435 e. The van der Waals surface area contributed by atoms with E-state index in [1.165, 1.54) is 24.3 Å². The minimum atomic E-state index is -2.90. The van der Waals surface area contributed by atoms with Gasteiger partial charge in [-0.05, 0) is 30.2 Å². The first-order valence-electron chi connectivity index (χ1n) is 7.55. The summed E-state index contributed by atoms with van der Waals surface area (Å²) in [5, 5.41) is 19.3. The van der Waals surface area contributed by atoms with Crippen LogP contribution in [0.3, 0.4) is 0 Å². The third-order valence-corrected chi connectivity index (χ3v) is 3.33. The number of hydrogen-bond acceptors (Lipinski definition) is 4. The number of alkyl halides is 2. The van der Waals surface area contributed by atoms with E-state index in [9.17, 15) is 18.7 Å². The number of halogens is 2. The fourth-order valence-electron chi connectivity index (χ4n) is 2.14. The second-order valence-corrected chi connectivity index (χ2v) is 5.20. The lowest BCUT2D eigenvalue weighted by molar-refractivity contribution is -0.0498. The Morgan fingerprint density at radius 1 is 1.38 bits per heavy atom. The molecule has 2 rings (SSSR count). The maximum Gasteiger partial charge on any atom is 0.387 e. The molecule has 0 saturated carbocycles. The van der Waals surface area contributed by atoms with E-state index in [4.69, 9.17) is 0 Å². The van der Waals surface area contributed by atoms with Crippen LogP contribution in [0.5, 0.6) is 5.75 Å². The van der Waals surface area contributed by atoms with Crippen molar-refractivity contribution in [3.8, 4) is 5.75 Å². The number of amides is 1. The molecule has 0 aliphatic rings. The first-order valence-corrected chi connectivity index (χ1v) is 7.55. The van der Waals surface area contributed by atoms with Crippen LogP contribution in [0.4, 0.5) is 8.78 Å². The molecule has 0 radical (unpaired) electrons. The summed E-state index contributed by atoms with van der Waals surface area (Å²) in [6, 6.07) is 7.25. The number of nitrogens with zero attached hydrogens (tertiary/aromatic N) is 1. The fourth-order valence-corrected chi connectivity index (χ4v) is 2.14. The summed E-state index contributed by atoms with van der Waals surface area (Å²) in [4.78, 5) is 12.0. The molecule has 2 aromatic rings. The van der Waals surface area contributed by atoms with E-state index in [2.05, 4.69) is 20.3 Å². The quantitative estimate of drug-likeness (QED) is 0.689. The van der Waals surface area contributed by atoms with Gasteiger partial charge in [-0.2, -0.15) is 13.9 Å². The van der Waals surface area contributed by atoms with Crippen molar-refractivity contribution < 1.29 is 23.4 Å². The number of nitrogens with one attached hydrogen (secondary N) is 2. The second-order valence-electron chi connectivity index (χ2n) is 5.20. The number of ether oxygens (including phenoxy) is 1. The molecule has 1 aromatic carbocycles. The van der Waals surface area contributed by atoms with Crippen molar-refractivity contribution in [1.82, 2.24) is 15.5 Å². The molecule has 0 spiro atoms. The van der Waals surface area contributed by atoms with Gasteiger partial charge in [0.05, 0.1) is 6.10 Å². The van der Waals surface area contributed by atoms with Crippen LogP contribution < -0.4 is 10.1 Å². The van der Waals surface area contributed by atoms with Crippen molar-refractivity contribution in [3.63, 3.8) is 0 Å². The molecule has 1 unspecified atom stereocenters. The van der Waals surface area contributed by atoms with Gasteiger partial charge >= 0.3 is 6.61 Å². The number of aliphatic hydroxyl groups excluding tert-OH is 1. The zero-order valence-corrected chi connectivity index (χ0v) is 13.1. The Hall–Kier alpha value is -2.48. The zero-order valence-electron chi connectivity index (χ0n) is 13.1. The Morgan fingerprint density at radius 3 is 2.71 bits per heavy atom. The maximum atomic E-state index is 12.1. The molecule has 3 N–H and O–H groups in total. The standard InChI is InChI=1S/C16H19F2N3O3/c1-2-3-11-8-13(21-20-11)15(23)19-9-14(22)10-4-6-12(7-5-10)24-16(17)18/h4-8,14,16,22H,2-3,9H2,1H3,(H,19,23)(H,20,21). The van der Waals surface area contributed by atoms with Crippen molar-refractivity contribution in [2.45, 2.75) is 32.5 Å². The summed E-state index contributed by atoms with van der Waals surface area (Å²) in [6.45, 7) is -0.898. The number of aryl methyl sites for hydroxylation is 1. The topological polar surface area (TPSA) is 87.2 Å². The van der Waals surface area contributed by atoms with E-state index in [0.29, 0.717) is 5.56 Å². The smallest absolute Gasteiger partial charge is 0.387 e. The molecule has 1 amide bonds. The van der Waals surface area contributed by atoms with Gasteiger partial charge in [-0.3, -0.25) is 9.89 Å². The highest BCUT2D eigenvalue weighted by Crippen LogP contribution is 2.19. The second kappa shape index (κ2) is 8.39. The molecule has 1 aromatic heterocycles. The highest BCUT2D eigenvalue weighted by molar-refractivity contribution is 5.92. The highest BCUT2D eigenvalue weighted by atomic mass is 19.3. The van der Waals surface area contributed by atoms with Crippen molar-refractivity contribution in [2.24, 2.45) is 0 Å². The van der Waals surface area contributed by atoms with E-state index < -0.39 is 18.6 Å². The number of benzene rings is 1. The lowest BCUT2D eigenvalue weighted by Gasteiger charge is -2.12. The van der Waals surface area contributed by atoms with Crippen molar-refractivity contribution in [1.29, 1.82) is 0 Å². The summed E-state index contributed by atoms with van der Waals surface area (Å²) >= 11 is 0. The van der Waals surface area contributed by atoms with Gasteiger partial charge in [0, 0.05) is 12.2 Å². The Morgan fingerprint density at radius 2 is 2.08 bits per heavy atom. The number of aliphatic hydroxyl groups is 1. The summed E-state index contributed by atoms with van der Waals surface area (Å²) < 4.78 is 28.4. The molecule has 0 fully saturated rings. The van der Waals surface area contributed by atoms with Crippen molar-refractivity contribution in [2.75, 3.05) is 6.54 Å². The average molecular weight is 339 g/mol. The number of hydrogen-bond donors (Lipinski definition) is 3. The van der Waals surface area contributed by atoms with Gasteiger partial charge in [-0.15, -0.1) is 0 Å². The van der Waals surface area contributed by atoms with Crippen LogP contribution in [0.25, 0.3) is 0 Å². The predicted octanol–water partition coefficient (Wildman–Crippen LogP) is 2.43. The maximum absolute atomic E-state index is 12.1. The van der Waals surface area contributed by atoms with Gasteiger partial charge in [0.1, 0.15) is 11.4 Å². The van der Waals surface area contributed by atoms with Gasteiger partial charge in [0.25, 0.3) is 5.91 Å². The molecule has 8 heteroatoms. The lowest BCUT2D eigenvalue weighted by Crippen LogP contribution is -2.28. The van der Waals surface area contributed by atoms with E-state index in [1.807, 2.05) is 6.92 Å². The zero-order chi connectivity index (χ0) is 17.5. The van der Waals surface area contributed by atoms with Crippen LogP contribution >= 0.6 is 0 Å². The molecule has 1 atom stereocenters. The molecule has 6 nitrogen and oxygen atoms in total. The minimum absolute atomic E-state index is 0.00459. The van der Waals surface area contributed by atoms with Gasteiger partial charge in [0.15, 0.2) is 0 Å². The number of carbonyl (C=O) groups is 1. The van der Waals surface area contributed by atoms with Crippen LogP contribution in [0, 0.1) is 0 Å². The van der Waals surface area contributed by atoms with Gasteiger partial charge in [-0.25, -0.2) is 0 Å². The normalized spacial score (nSPS) is 12.2. The van der Waals surface area contributed by atoms with Crippen LogP contribution in [0.2, 0.25) is 0 Å². The fraction of sp³-hybridized carbons (Fsp3) is 0.375. The molecule has 1 heterocycles. The van der Waals surface area contributed by atoms with Crippen LogP contribution in [0.1, 0.15) is 41.2 Å². The lowest BCUT2D eigenvalue weighted by atomic mass is 10.1. The van der Waals surface area contributed by atoms with Crippen LogP contribution in [-0.2, 0) is 6.42 Å². The van der Waals surface area contributed by atoms with Gasteiger partial charge in [0.2, 0.25) is 0 Å². The summed E-state index contributed by atoms with van der Waals surface area (Å²) in [7, 11) is 0. The Labute approximate surface area is 137 Å². The van der Waals surface area contributed by atoms with Crippen molar-refractivity contribution in [3.05, 3.63) is 47.3 Å². The number of aromatic amines is 1. The van der Waals surface area contributed by atoms with Gasteiger partial charge < -0.3 is 15.2 Å². The molecule has 130 valence electrons. The van der Waals surface area contributed by atoms with E-state index in [-0.39, 0.29) is 18.0 Å². The van der Waals surface area contributed by atoms with Gasteiger partial charge in [-0.1, -0.05) is 25.5 Å². The number of H-pyrrole nitrogens is 1. The molecule has 0 aliphatic heterocycles. The first-order chi connectivity index (χ1) is 11.5. The van der Waals surface area contributed by atoms with E-state index in [0.717, 1.165) is 18.5 Å². The third-order valence-electron chi connectivity index (χ3n) is 3.33. The third kappa shape index (κ3) is 5.02. The summed E-state index contributed by atoms with van der Waals surface area (Å²) in [5.74, 6) is -0.393. The Balaban J connectivity index is 1.87. The van der Waals surface area contributed by atoms with Crippen molar-refractivity contribution >= 4 is 5.91 Å². The predicted molar refractivity (Wildman–Crippen MR) is 82.9 cm³/mol. The first kappa shape index (κ1) is 17.9. The monoisotopic (exact) mass is 339 g/mol. The Bertz CT molecular complexity index is 659. The average Bonchev–Trinajstić information content (AvgIpc) is 3.01. The molecule has 0 bridgehead atoms. The summed E-state index contributed by atoms with van der Waals surface area (Å²) in [6.07, 6.45) is 0.770. The van der Waals surface area contributed by atoms with Crippen LogP contribution in [0.15, 0.2) is 30.3 Å². The molecule has 0 aliphatic carbocycles. The molecule has 0 saturated heterocycles. The number of aromatic nitrogens is 2. The van der Waals surface area contributed by atoms with Crippen LogP contribution in [-0.4, -0.2) is 34.4 Å². The SMILES string of the molecule is CCCc1cc(C(=O)NCC(O)c2ccc(OC(F)F)cc2)n[nH]1. The number of carbonyl (C=O) groups excluding carboxylic acids is 1. The molecular weight excluding hydrogens is 320 g/mol. The van der Waals surface area contributed by atoms with E-state index >= 15 is 0 Å². The molecular formula is C16H19F2N3O3. The summed E-state index contributed by atoms with van der Waals surface area (Å²) in [5.41, 5.74) is 1.61. The van der Waals surface area contributed by atoms with E-state index in [1.54, 1.807) is 6.07 Å². The Kier molecular flexibility index (Phi) is 6.25. The number of rotatable bonds is 8.